The van der Waals surface area contributed by atoms with Gasteiger partial charge in [-0.2, -0.15) is 0 Å². The highest BCUT2D eigenvalue weighted by Gasteiger charge is 2.09. The van der Waals surface area contributed by atoms with Gasteiger partial charge in [-0.25, -0.2) is 0 Å². The van der Waals surface area contributed by atoms with Crippen LogP contribution in [0.2, 0.25) is 0 Å². The molecule has 0 bridgehead atoms. The molecule has 128 valence electrons. The van der Waals surface area contributed by atoms with Crippen LogP contribution in [-0.4, -0.2) is 12.6 Å². The molecule has 3 aromatic carbocycles. The van der Waals surface area contributed by atoms with Crippen molar-refractivity contribution in [2.24, 2.45) is 5.73 Å². The van der Waals surface area contributed by atoms with Gasteiger partial charge in [0.15, 0.2) is 0 Å². The predicted molar refractivity (Wildman–Crippen MR) is 107 cm³/mol. The summed E-state index contributed by atoms with van der Waals surface area (Å²) < 4.78 is 0. The molecule has 4 heteroatoms. The summed E-state index contributed by atoms with van der Waals surface area (Å²) in [5.41, 5.74) is 11.2. The largest absolute Gasteiger partial charge is 0.394 e. The lowest BCUT2D eigenvalue weighted by Gasteiger charge is -2.12. The molecule has 0 heterocycles. The fraction of sp³-hybridized carbons (Fsp3) is 0. The molecular formula is C22H17NO2S. The fourth-order valence-electron chi connectivity index (χ4n) is 2.66. The van der Waals surface area contributed by atoms with Gasteiger partial charge < -0.3 is 5.73 Å². The average Bonchev–Trinajstić information content (AvgIpc) is 2.68. The molecule has 0 aliphatic heterocycles. The Bertz CT molecular complexity index is 960. The number of carbonyl (C=O) groups excluding carboxylic acids is 2. The van der Waals surface area contributed by atoms with Gasteiger partial charge in [-0.15, -0.1) is 0 Å². The predicted octanol–water partition coefficient (Wildman–Crippen LogP) is 5.17. The number of thioether (sulfide) groups is 1. The Morgan fingerprint density at radius 2 is 1.27 bits per heavy atom. The van der Waals surface area contributed by atoms with Crippen LogP contribution in [0.15, 0.2) is 83.2 Å². The third-order valence-electron chi connectivity index (χ3n) is 3.96. The van der Waals surface area contributed by atoms with E-state index in [9.17, 15) is 9.59 Å². The Kier molecular flexibility index (Phi) is 5.34. The molecular weight excluding hydrogens is 342 g/mol. The molecule has 0 fully saturated rings. The first-order valence-corrected chi connectivity index (χ1v) is 8.80. The van der Waals surface area contributed by atoms with E-state index < -0.39 is 0 Å². The molecule has 0 aliphatic carbocycles. The van der Waals surface area contributed by atoms with Gasteiger partial charge in [0.1, 0.15) is 12.6 Å². The number of rotatable bonds is 6. The summed E-state index contributed by atoms with van der Waals surface area (Å²) in [5.74, 6) is 0. The molecule has 3 rings (SSSR count). The third kappa shape index (κ3) is 3.92. The highest BCUT2D eigenvalue weighted by molar-refractivity contribution is 8.03. The van der Waals surface area contributed by atoms with Gasteiger partial charge in [-0.05, 0) is 28.3 Å². The van der Waals surface area contributed by atoms with Crippen molar-refractivity contribution in [3.05, 3.63) is 89.5 Å². The second kappa shape index (κ2) is 7.85. The first-order valence-electron chi connectivity index (χ1n) is 7.98. The third-order valence-corrected chi connectivity index (χ3v) is 4.78. The topological polar surface area (TPSA) is 60.2 Å². The van der Waals surface area contributed by atoms with Crippen LogP contribution < -0.4 is 5.73 Å². The van der Waals surface area contributed by atoms with Gasteiger partial charge in [0.25, 0.3) is 0 Å². The van der Waals surface area contributed by atoms with Crippen LogP contribution in [0.5, 0.6) is 0 Å². The Morgan fingerprint density at radius 1 is 0.769 bits per heavy atom. The Morgan fingerprint density at radius 3 is 1.77 bits per heavy atom. The van der Waals surface area contributed by atoms with Crippen molar-refractivity contribution in [2.75, 3.05) is 0 Å². The molecule has 0 atom stereocenters. The van der Waals surface area contributed by atoms with Gasteiger partial charge in [0, 0.05) is 16.0 Å². The Balaban J connectivity index is 2.05. The van der Waals surface area contributed by atoms with Gasteiger partial charge >= 0.3 is 0 Å². The summed E-state index contributed by atoms with van der Waals surface area (Å²) in [6, 6.07) is 21.0. The first-order chi connectivity index (χ1) is 12.6. The van der Waals surface area contributed by atoms with E-state index in [0.717, 1.165) is 39.7 Å². The van der Waals surface area contributed by atoms with Gasteiger partial charge in [-0.3, -0.25) is 9.59 Å². The molecule has 26 heavy (non-hydrogen) atoms. The van der Waals surface area contributed by atoms with E-state index in [2.05, 4.69) is 12.6 Å². The number of benzene rings is 3. The second-order valence-electron chi connectivity index (χ2n) is 5.76. The van der Waals surface area contributed by atoms with E-state index in [1.807, 2.05) is 36.4 Å². The Hall–Kier alpha value is -3.11. The van der Waals surface area contributed by atoms with Crippen LogP contribution in [0.3, 0.4) is 0 Å². The van der Waals surface area contributed by atoms with E-state index in [0.29, 0.717) is 16.2 Å². The molecule has 0 amide bonds. The molecule has 0 aliphatic rings. The number of aldehydes is 2. The highest BCUT2D eigenvalue weighted by atomic mass is 32.2. The summed E-state index contributed by atoms with van der Waals surface area (Å²) in [6.45, 7) is 3.79. The molecule has 2 N–H and O–H groups in total. The molecule has 0 unspecified atom stereocenters. The zero-order valence-corrected chi connectivity index (χ0v) is 14.8. The van der Waals surface area contributed by atoms with Crippen molar-refractivity contribution in [1.82, 2.24) is 0 Å². The van der Waals surface area contributed by atoms with Crippen LogP contribution in [0.4, 0.5) is 0 Å². The van der Waals surface area contributed by atoms with Crippen molar-refractivity contribution in [3.63, 3.8) is 0 Å². The molecule has 3 nitrogen and oxygen atoms in total. The van der Waals surface area contributed by atoms with Crippen LogP contribution in [0, 0.1) is 0 Å². The maximum absolute atomic E-state index is 10.9. The lowest BCUT2D eigenvalue weighted by molar-refractivity contribution is 0.111. The molecule has 0 spiro atoms. The maximum Gasteiger partial charge on any atom is 0.150 e. The van der Waals surface area contributed by atoms with Gasteiger partial charge in [-0.1, -0.05) is 79.0 Å². The minimum absolute atomic E-state index is 0.504. The minimum Gasteiger partial charge on any atom is -0.394 e. The Labute approximate surface area is 156 Å². The second-order valence-corrected chi connectivity index (χ2v) is 6.93. The molecule has 0 saturated carbocycles. The summed E-state index contributed by atoms with van der Waals surface area (Å²) >= 11 is 1.40. The quantitative estimate of drug-likeness (QED) is 0.487. The lowest BCUT2D eigenvalue weighted by atomic mass is 9.99. The first kappa shape index (κ1) is 17.7. The fourth-order valence-corrected chi connectivity index (χ4v) is 3.43. The van der Waals surface area contributed by atoms with Crippen LogP contribution in [0.1, 0.15) is 20.7 Å². The zero-order chi connectivity index (χ0) is 18.5. The van der Waals surface area contributed by atoms with E-state index in [4.69, 9.17) is 5.73 Å². The zero-order valence-electron chi connectivity index (χ0n) is 14.0. The highest BCUT2D eigenvalue weighted by Crippen LogP contribution is 2.37. The molecule has 0 aromatic heterocycles. The van der Waals surface area contributed by atoms with Crippen molar-refractivity contribution in [2.45, 2.75) is 4.90 Å². The van der Waals surface area contributed by atoms with E-state index in [1.165, 1.54) is 11.8 Å². The monoisotopic (exact) mass is 359 g/mol. The minimum atomic E-state index is 0.504. The van der Waals surface area contributed by atoms with Gasteiger partial charge in [0.05, 0.1) is 5.03 Å². The van der Waals surface area contributed by atoms with Crippen molar-refractivity contribution < 1.29 is 9.59 Å². The summed E-state index contributed by atoms with van der Waals surface area (Å²) in [7, 11) is 0. The number of hydrogen-bond donors (Lipinski definition) is 1. The number of carbonyl (C=O) groups is 2. The maximum atomic E-state index is 10.9. The number of hydrogen-bond acceptors (Lipinski definition) is 4. The van der Waals surface area contributed by atoms with Crippen LogP contribution in [0.25, 0.3) is 22.3 Å². The van der Waals surface area contributed by atoms with Crippen LogP contribution >= 0.6 is 11.8 Å². The molecule has 0 radical (unpaired) electrons. The lowest BCUT2D eigenvalue weighted by Crippen LogP contribution is -1.92. The average molecular weight is 359 g/mol. The summed E-state index contributed by atoms with van der Waals surface area (Å²) in [6.07, 6.45) is 1.66. The normalized spacial score (nSPS) is 10.3. The van der Waals surface area contributed by atoms with Crippen molar-refractivity contribution >= 4 is 24.3 Å². The molecule has 3 aromatic rings. The van der Waals surface area contributed by atoms with E-state index in [-0.39, 0.29) is 0 Å². The van der Waals surface area contributed by atoms with Gasteiger partial charge in [0.2, 0.25) is 0 Å². The SMILES string of the molecule is C=C(N)Sc1cc(-c2ccc(C=O)cc2)ccc1-c1ccc(C=O)cc1. The van der Waals surface area contributed by atoms with Crippen molar-refractivity contribution in [1.29, 1.82) is 0 Å². The number of nitrogens with two attached hydrogens (primary N) is 1. The van der Waals surface area contributed by atoms with E-state index >= 15 is 0 Å². The summed E-state index contributed by atoms with van der Waals surface area (Å²) in [5, 5.41) is 0.504. The summed E-state index contributed by atoms with van der Waals surface area (Å²) in [4.78, 5) is 22.7. The van der Waals surface area contributed by atoms with Crippen molar-refractivity contribution in [3.8, 4) is 22.3 Å². The standard InChI is InChI=1S/C22H17NO2S/c1-15(23)26-22-12-20(18-6-2-16(13-24)3-7-18)10-11-21(22)19-8-4-17(14-25)5-9-19/h2-14H,1,23H2. The molecule has 0 saturated heterocycles. The van der Waals surface area contributed by atoms with E-state index in [1.54, 1.807) is 24.3 Å². The smallest absolute Gasteiger partial charge is 0.150 e. The van der Waals surface area contributed by atoms with Crippen LogP contribution in [-0.2, 0) is 0 Å².